The van der Waals surface area contributed by atoms with E-state index in [2.05, 4.69) is 0 Å². The second-order valence-electron chi connectivity index (χ2n) is 6.03. The lowest BCUT2D eigenvalue weighted by Gasteiger charge is -2.21. The van der Waals surface area contributed by atoms with Crippen molar-refractivity contribution in [1.29, 1.82) is 5.26 Å². The molecular formula is C19H20N2O4S. The molecule has 0 aliphatic heterocycles. The average molecular weight is 372 g/mol. The minimum absolute atomic E-state index is 0.0351. The molecule has 0 atom stereocenters. The predicted octanol–water partition coefficient (Wildman–Crippen LogP) is 2.94. The molecule has 0 amide bonds. The molecule has 0 saturated carbocycles. The third-order valence-corrected chi connectivity index (χ3v) is 5.96. The minimum atomic E-state index is -3.67. The molecule has 0 bridgehead atoms. The van der Waals surface area contributed by atoms with Gasteiger partial charge in [-0.25, -0.2) is 13.2 Å². The van der Waals surface area contributed by atoms with Crippen LogP contribution in [0.4, 0.5) is 0 Å². The van der Waals surface area contributed by atoms with Gasteiger partial charge in [0, 0.05) is 13.1 Å². The van der Waals surface area contributed by atoms with Crippen LogP contribution in [0.3, 0.4) is 0 Å². The highest BCUT2D eigenvalue weighted by Gasteiger charge is 2.24. The third-order valence-electron chi connectivity index (χ3n) is 3.93. The maximum Gasteiger partial charge on any atom is 0.338 e. The molecule has 0 saturated heterocycles. The van der Waals surface area contributed by atoms with E-state index in [1.54, 1.807) is 38.1 Å². The van der Waals surface area contributed by atoms with Gasteiger partial charge in [-0.05, 0) is 49.7 Å². The van der Waals surface area contributed by atoms with Gasteiger partial charge in [0.2, 0.25) is 10.0 Å². The molecule has 0 aliphatic rings. The summed E-state index contributed by atoms with van der Waals surface area (Å²) in [7, 11) is -2.18. The molecule has 0 heterocycles. The molecule has 0 aliphatic carbocycles. The molecule has 0 spiro atoms. The van der Waals surface area contributed by atoms with Crippen LogP contribution in [-0.4, -0.2) is 31.8 Å². The lowest BCUT2D eigenvalue weighted by molar-refractivity contribution is 0.0472. The molecule has 0 radical (unpaired) electrons. The summed E-state index contributed by atoms with van der Waals surface area (Å²) in [4.78, 5) is 12.3. The molecule has 6 nitrogen and oxygen atoms in total. The molecule has 0 aromatic heterocycles. The molecule has 26 heavy (non-hydrogen) atoms. The van der Waals surface area contributed by atoms with Crippen molar-refractivity contribution in [1.82, 2.24) is 4.31 Å². The Hall–Kier alpha value is -2.69. The number of hydrogen-bond acceptors (Lipinski definition) is 5. The van der Waals surface area contributed by atoms with Crippen LogP contribution in [0.1, 0.15) is 35.3 Å². The fourth-order valence-electron chi connectivity index (χ4n) is 2.14. The van der Waals surface area contributed by atoms with Gasteiger partial charge in [-0.15, -0.1) is 0 Å². The van der Waals surface area contributed by atoms with Crippen molar-refractivity contribution in [2.75, 3.05) is 7.05 Å². The Morgan fingerprint density at radius 3 is 2.42 bits per heavy atom. The second-order valence-corrected chi connectivity index (χ2v) is 8.03. The normalized spacial score (nSPS) is 11.4. The number of rotatable bonds is 6. The van der Waals surface area contributed by atoms with E-state index >= 15 is 0 Å². The van der Waals surface area contributed by atoms with Crippen molar-refractivity contribution in [3.63, 3.8) is 0 Å². The second kappa shape index (κ2) is 8.13. The first-order chi connectivity index (χ1) is 12.3. The summed E-state index contributed by atoms with van der Waals surface area (Å²) in [6.07, 6.45) is 0. The SMILES string of the molecule is CC(C)N(C)S(=O)(=O)c1cccc(C(=O)OCc2ccc(C#N)cc2)c1. The Balaban J connectivity index is 2.14. The van der Waals surface area contributed by atoms with E-state index in [0.717, 1.165) is 5.56 Å². The van der Waals surface area contributed by atoms with E-state index < -0.39 is 16.0 Å². The minimum Gasteiger partial charge on any atom is -0.457 e. The Bertz CT molecular complexity index is 929. The van der Waals surface area contributed by atoms with Gasteiger partial charge in [-0.3, -0.25) is 0 Å². The van der Waals surface area contributed by atoms with E-state index in [1.807, 2.05) is 6.07 Å². The zero-order valence-electron chi connectivity index (χ0n) is 14.8. The molecule has 0 fully saturated rings. The van der Waals surface area contributed by atoms with E-state index in [9.17, 15) is 13.2 Å². The van der Waals surface area contributed by atoms with Gasteiger partial charge < -0.3 is 4.74 Å². The van der Waals surface area contributed by atoms with Crippen molar-refractivity contribution < 1.29 is 17.9 Å². The van der Waals surface area contributed by atoms with Crippen LogP contribution in [0.2, 0.25) is 0 Å². The van der Waals surface area contributed by atoms with Gasteiger partial charge in [-0.1, -0.05) is 18.2 Å². The van der Waals surface area contributed by atoms with Crippen molar-refractivity contribution in [3.05, 3.63) is 65.2 Å². The largest absolute Gasteiger partial charge is 0.457 e. The van der Waals surface area contributed by atoms with Crippen LogP contribution in [0.25, 0.3) is 0 Å². The first kappa shape index (κ1) is 19.6. The van der Waals surface area contributed by atoms with Gasteiger partial charge in [0.05, 0.1) is 22.1 Å². The fraction of sp³-hybridized carbons (Fsp3) is 0.263. The number of nitrogens with zero attached hydrogens (tertiary/aromatic N) is 2. The summed E-state index contributed by atoms with van der Waals surface area (Å²) >= 11 is 0. The molecule has 7 heteroatoms. The maximum absolute atomic E-state index is 12.5. The van der Waals surface area contributed by atoms with E-state index in [4.69, 9.17) is 10.00 Å². The molecule has 2 aromatic carbocycles. The summed E-state index contributed by atoms with van der Waals surface area (Å²) in [6, 6.07) is 14.3. The van der Waals surface area contributed by atoms with Gasteiger partial charge in [-0.2, -0.15) is 9.57 Å². The number of nitriles is 1. The number of carbonyl (C=O) groups is 1. The van der Waals surface area contributed by atoms with E-state index in [1.165, 1.54) is 35.6 Å². The predicted molar refractivity (Wildman–Crippen MR) is 96.8 cm³/mol. The Morgan fingerprint density at radius 1 is 1.19 bits per heavy atom. The van der Waals surface area contributed by atoms with Gasteiger partial charge in [0.1, 0.15) is 6.61 Å². The van der Waals surface area contributed by atoms with Gasteiger partial charge in [0.25, 0.3) is 0 Å². The molecule has 0 unspecified atom stereocenters. The Morgan fingerprint density at radius 2 is 1.85 bits per heavy atom. The first-order valence-corrected chi connectivity index (χ1v) is 9.44. The highest BCUT2D eigenvalue weighted by atomic mass is 32.2. The summed E-state index contributed by atoms with van der Waals surface area (Å²) in [6.45, 7) is 3.58. The lowest BCUT2D eigenvalue weighted by Crippen LogP contribution is -2.33. The third kappa shape index (κ3) is 4.48. The summed E-state index contributed by atoms with van der Waals surface area (Å²) in [5, 5.41) is 8.77. The average Bonchev–Trinajstić information content (AvgIpc) is 2.65. The summed E-state index contributed by atoms with van der Waals surface area (Å²) in [5.74, 6) is -0.612. The van der Waals surface area contributed by atoms with Crippen molar-refractivity contribution in [2.24, 2.45) is 0 Å². The number of sulfonamides is 1. The number of hydrogen-bond donors (Lipinski definition) is 0. The van der Waals surface area contributed by atoms with Gasteiger partial charge in [0.15, 0.2) is 0 Å². The number of benzene rings is 2. The molecule has 0 N–H and O–H groups in total. The summed E-state index contributed by atoms with van der Waals surface area (Å²) in [5.41, 5.74) is 1.42. The van der Waals surface area contributed by atoms with E-state index in [0.29, 0.717) is 5.56 Å². The summed E-state index contributed by atoms with van der Waals surface area (Å²) < 4.78 is 31.5. The standard InChI is InChI=1S/C19H20N2O4S/c1-14(2)21(3)26(23,24)18-6-4-5-17(11-18)19(22)25-13-16-9-7-15(12-20)8-10-16/h4-11,14H,13H2,1-3H3. The van der Waals surface area contributed by atoms with Crippen LogP contribution in [-0.2, 0) is 21.4 Å². The highest BCUT2D eigenvalue weighted by molar-refractivity contribution is 7.89. The number of carbonyl (C=O) groups excluding carboxylic acids is 1. The monoisotopic (exact) mass is 372 g/mol. The zero-order valence-corrected chi connectivity index (χ0v) is 15.7. The molecule has 136 valence electrons. The fourth-order valence-corrected chi connectivity index (χ4v) is 3.55. The molecule has 2 aromatic rings. The Labute approximate surface area is 153 Å². The molecule has 2 rings (SSSR count). The van der Waals surface area contributed by atoms with Crippen LogP contribution in [0.5, 0.6) is 0 Å². The van der Waals surface area contributed by atoms with Crippen LogP contribution in [0, 0.1) is 11.3 Å². The smallest absolute Gasteiger partial charge is 0.338 e. The highest BCUT2D eigenvalue weighted by Crippen LogP contribution is 2.18. The van der Waals surface area contributed by atoms with Crippen molar-refractivity contribution in [2.45, 2.75) is 31.4 Å². The van der Waals surface area contributed by atoms with Crippen molar-refractivity contribution >= 4 is 16.0 Å². The molecular weight excluding hydrogens is 352 g/mol. The van der Waals surface area contributed by atoms with Crippen LogP contribution < -0.4 is 0 Å². The van der Waals surface area contributed by atoms with Gasteiger partial charge >= 0.3 is 5.97 Å². The Kier molecular flexibility index (Phi) is 6.14. The topological polar surface area (TPSA) is 87.5 Å². The first-order valence-electron chi connectivity index (χ1n) is 8.00. The van der Waals surface area contributed by atoms with Crippen LogP contribution >= 0.6 is 0 Å². The van der Waals surface area contributed by atoms with E-state index in [-0.39, 0.29) is 23.1 Å². The quantitative estimate of drug-likeness (QED) is 0.728. The number of ether oxygens (including phenoxy) is 1. The lowest BCUT2D eigenvalue weighted by atomic mass is 10.1. The number of esters is 1. The van der Waals surface area contributed by atoms with Crippen molar-refractivity contribution in [3.8, 4) is 6.07 Å². The zero-order chi connectivity index (χ0) is 19.3. The maximum atomic E-state index is 12.5. The van der Waals surface area contributed by atoms with Crippen LogP contribution in [0.15, 0.2) is 53.4 Å².